The fraction of sp³-hybridized carbons (Fsp3) is 0.700. The summed E-state index contributed by atoms with van der Waals surface area (Å²) >= 11 is 0. The normalized spacial score (nSPS) is 25.8. The Balaban J connectivity index is 1.63. The predicted molar refractivity (Wildman–Crippen MR) is 104 cm³/mol. The van der Waals surface area contributed by atoms with E-state index in [0.717, 1.165) is 43.6 Å². The van der Waals surface area contributed by atoms with Crippen LogP contribution in [0.4, 0.5) is 19.0 Å². The number of likely N-dealkylation sites (tertiary alicyclic amines) is 1. The van der Waals surface area contributed by atoms with Gasteiger partial charge in [0.2, 0.25) is 0 Å². The average molecular weight is 410 g/mol. The summed E-state index contributed by atoms with van der Waals surface area (Å²) in [4.78, 5) is 2.32. The van der Waals surface area contributed by atoms with E-state index in [9.17, 15) is 13.2 Å². The number of nitrogens with zero attached hydrogens (tertiary/aromatic N) is 5. The zero-order chi connectivity index (χ0) is 20.8. The summed E-state index contributed by atoms with van der Waals surface area (Å²) in [6, 6.07) is 0.0708. The van der Waals surface area contributed by atoms with Gasteiger partial charge in [-0.15, -0.1) is 0 Å². The van der Waals surface area contributed by atoms with Crippen molar-refractivity contribution in [1.29, 1.82) is 0 Å². The molecule has 0 bridgehead atoms. The molecule has 4 heterocycles. The first-order valence-electron chi connectivity index (χ1n) is 10.4. The van der Waals surface area contributed by atoms with Crippen molar-refractivity contribution in [3.63, 3.8) is 0 Å². The van der Waals surface area contributed by atoms with Crippen molar-refractivity contribution < 1.29 is 13.2 Å². The second-order valence-corrected chi connectivity index (χ2v) is 8.69. The molecule has 0 saturated carbocycles. The van der Waals surface area contributed by atoms with Gasteiger partial charge in [-0.3, -0.25) is 9.58 Å². The summed E-state index contributed by atoms with van der Waals surface area (Å²) < 4.78 is 44.2. The number of nitrogens with one attached hydrogen (secondary N) is 1. The van der Waals surface area contributed by atoms with Crippen molar-refractivity contribution in [2.75, 3.05) is 11.9 Å². The van der Waals surface area contributed by atoms with Crippen molar-refractivity contribution in [3.05, 3.63) is 29.7 Å². The Bertz CT molecular complexity index is 840. The summed E-state index contributed by atoms with van der Waals surface area (Å²) in [5.74, 6) is 0.600. The molecule has 6 nitrogen and oxygen atoms in total. The van der Waals surface area contributed by atoms with Crippen molar-refractivity contribution in [2.24, 2.45) is 13.0 Å². The highest BCUT2D eigenvalue weighted by atomic mass is 19.4. The number of anilines is 1. The zero-order valence-corrected chi connectivity index (χ0v) is 17.2. The molecular formula is C20H29F3N6. The van der Waals surface area contributed by atoms with E-state index in [0.29, 0.717) is 5.82 Å². The third-order valence-electron chi connectivity index (χ3n) is 6.14. The number of aryl methyl sites for hydroxylation is 1. The van der Waals surface area contributed by atoms with Crippen LogP contribution in [0.2, 0.25) is 0 Å². The first-order chi connectivity index (χ1) is 13.7. The second kappa shape index (κ2) is 7.66. The fourth-order valence-corrected chi connectivity index (χ4v) is 4.53. The van der Waals surface area contributed by atoms with Gasteiger partial charge in [-0.1, -0.05) is 20.3 Å². The SMILES string of the molecule is CC(C)[C@@H]1C[C@H](C(F)(F)F)n2nc([C@H]3CCCCN3Cc3cnn(C)c3)cc2N1. The summed E-state index contributed by atoms with van der Waals surface area (Å²) in [6.45, 7) is 5.54. The largest absolute Gasteiger partial charge is 0.410 e. The average Bonchev–Trinajstić information content (AvgIpc) is 3.26. The molecule has 0 aliphatic carbocycles. The number of fused-ring (bicyclic) bond motifs is 1. The van der Waals surface area contributed by atoms with Crippen LogP contribution in [0.25, 0.3) is 0 Å². The summed E-state index contributed by atoms with van der Waals surface area (Å²) in [7, 11) is 1.88. The van der Waals surface area contributed by atoms with Crippen LogP contribution in [0.1, 0.15) is 62.9 Å². The molecule has 3 atom stereocenters. The Hall–Kier alpha value is -2.03. The first-order valence-corrected chi connectivity index (χ1v) is 10.4. The molecule has 0 radical (unpaired) electrons. The van der Waals surface area contributed by atoms with Crippen molar-refractivity contribution in [1.82, 2.24) is 24.5 Å². The van der Waals surface area contributed by atoms with Gasteiger partial charge in [0.15, 0.2) is 6.04 Å². The molecule has 1 saturated heterocycles. The Morgan fingerprint density at radius 1 is 1.28 bits per heavy atom. The van der Waals surface area contributed by atoms with E-state index in [-0.39, 0.29) is 24.4 Å². The van der Waals surface area contributed by atoms with Crippen molar-refractivity contribution in [2.45, 2.75) is 70.4 Å². The zero-order valence-electron chi connectivity index (χ0n) is 17.2. The van der Waals surface area contributed by atoms with Gasteiger partial charge in [-0.2, -0.15) is 23.4 Å². The predicted octanol–water partition coefficient (Wildman–Crippen LogP) is 4.29. The van der Waals surface area contributed by atoms with Crippen LogP contribution in [-0.2, 0) is 13.6 Å². The molecule has 2 aromatic heterocycles. The standard InChI is InChI=1S/C20H29F3N6/c1-13(2)15-8-18(20(21,22)23)29-19(25-15)9-16(26-29)17-6-4-5-7-28(17)12-14-10-24-27(3)11-14/h9-11,13,15,17-18,25H,4-8,12H2,1-3H3/t15-,17+,18+/m0/s1. The molecular weight excluding hydrogens is 381 g/mol. The van der Waals surface area contributed by atoms with Crippen molar-refractivity contribution in [3.8, 4) is 0 Å². The van der Waals surface area contributed by atoms with Gasteiger partial charge < -0.3 is 5.32 Å². The second-order valence-electron chi connectivity index (χ2n) is 8.69. The Kier molecular flexibility index (Phi) is 5.35. The van der Waals surface area contributed by atoms with Gasteiger partial charge in [-0.25, -0.2) is 4.68 Å². The van der Waals surface area contributed by atoms with Crippen molar-refractivity contribution >= 4 is 5.82 Å². The van der Waals surface area contributed by atoms with Gasteiger partial charge in [0.05, 0.1) is 17.9 Å². The summed E-state index contributed by atoms with van der Waals surface area (Å²) in [5, 5.41) is 12.0. The molecule has 4 rings (SSSR count). The third kappa shape index (κ3) is 4.15. The Labute approximate surface area is 169 Å². The topological polar surface area (TPSA) is 50.9 Å². The van der Waals surface area contributed by atoms with E-state index in [4.69, 9.17) is 0 Å². The maximum absolute atomic E-state index is 13.8. The molecule has 1 fully saturated rings. The quantitative estimate of drug-likeness (QED) is 0.817. The maximum Gasteiger partial charge on any atom is 0.410 e. The van der Waals surface area contributed by atoms with Crippen LogP contribution in [-0.4, -0.2) is 43.2 Å². The number of hydrogen-bond donors (Lipinski definition) is 1. The highest BCUT2D eigenvalue weighted by Gasteiger charge is 2.47. The molecule has 9 heteroatoms. The van der Waals surface area contributed by atoms with Gasteiger partial charge in [0, 0.05) is 37.5 Å². The highest BCUT2D eigenvalue weighted by molar-refractivity contribution is 5.42. The summed E-state index contributed by atoms with van der Waals surface area (Å²) in [6.07, 6.45) is 2.58. The van der Waals surface area contributed by atoms with Gasteiger partial charge in [-0.05, 0) is 31.7 Å². The van der Waals surface area contributed by atoms with Crippen LogP contribution in [0.3, 0.4) is 0 Å². The number of hydrogen-bond acceptors (Lipinski definition) is 4. The number of halogens is 3. The Morgan fingerprint density at radius 3 is 2.72 bits per heavy atom. The molecule has 0 spiro atoms. The van der Waals surface area contributed by atoms with E-state index in [1.807, 2.05) is 39.4 Å². The molecule has 0 unspecified atom stereocenters. The lowest BCUT2D eigenvalue weighted by molar-refractivity contribution is -0.174. The molecule has 29 heavy (non-hydrogen) atoms. The van der Waals surface area contributed by atoms with E-state index < -0.39 is 12.2 Å². The first kappa shape index (κ1) is 20.3. The minimum absolute atomic E-state index is 0.0132. The van der Waals surface area contributed by atoms with Crippen LogP contribution >= 0.6 is 0 Å². The number of alkyl halides is 3. The van der Waals surface area contributed by atoms with E-state index in [1.54, 1.807) is 4.68 Å². The number of rotatable bonds is 4. The minimum Gasteiger partial charge on any atom is -0.367 e. The number of aromatic nitrogens is 4. The van der Waals surface area contributed by atoms with E-state index in [2.05, 4.69) is 20.4 Å². The lowest BCUT2D eigenvalue weighted by Crippen LogP contribution is -2.41. The molecule has 0 amide bonds. The lowest BCUT2D eigenvalue weighted by atomic mass is 9.94. The smallest absolute Gasteiger partial charge is 0.367 e. The fourth-order valence-electron chi connectivity index (χ4n) is 4.53. The van der Waals surface area contributed by atoms with E-state index in [1.165, 1.54) is 4.68 Å². The Morgan fingerprint density at radius 2 is 2.07 bits per heavy atom. The van der Waals surface area contributed by atoms with Gasteiger partial charge >= 0.3 is 6.18 Å². The van der Waals surface area contributed by atoms with Crippen LogP contribution < -0.4 is 5.32 Å². The van der Waals surface area contributed by atoms with Gasteiger partial charge in [0.1, 0.15) is 5.82 Å². The monoisotopic (exact) mass is 410 g/mol. The lowest BCUT2D eigenvalue weighted by Gasteiger charge is -2.35. The van der Waals surface area contributed by atoms with Crippen LogP contribution in [0.5, 0.6) is 0 Å². The van der Waals surface area contributed by atoms with E-state index >= 15 is 0 Å². The third-order valence-corrected chi connectivity index (χ3v) is 6.14. The van der Waals surface area contributed by atoms with Crippen LogP contribution in [0, 0.1) is 5.92 Å². The molecule has 160 valence electrons. The molecule has 2 aromatic rings. The highest BCUT2D eigenvalue weighted by Crippen LogP contribution is 2.42. The number of piperidine rings is 1. The van der Waals surface area contributed by atoms with Gasteiger partial charge in [0.25, 0.3) is 0 Å². The van der Waals surface area contributed by atoms with Crippen LogP contribution in [0.15, 0.2) is 18.5 Å². The molecule has 1 N–H and O–H groups in total. The molecule has 0 aromatic carbocycles. The summed E-state index contributed by atoms with van der Waals surface area (Å²) in [5.41, 5.74) is 1.84. The maximum atomic E-state index is 13.8. The molecule has 2 aliphatic heterocycles. The minimum atomic E-state index is -4.31. The molecule has 2 aliphatic rings.